The first-order chi connectivity index (χ1) is 12.1. The van der Waals surface area contributed by atoms with Crippen molar-refractivity contribution in [3.8, 4) is 0 Å². The Morgan fingerprint density at radius 3 is 2.60 bits per heavy atom. The molecule has 0 spiro atoms. The third kappa shape index (κ3) is 4.37. The number of rotatable bonds is 6. The van der Waals surface area contributed by atoms with E-state index in [2.05, 4.69) is 9.88 Å². The van der Waals surface area contributed by atoms with Crippen LogP contribution in [-0.2, 0) is 11.2 Å². The summed E-state index contributed by atoms with van der Waals surface area (Å²) in [6.45, 7) is 3.01. The van der Waals surface area contributed by atoms with Gasteiger partial charge < -0.3 is 15.5 Å². The summed E-state index contributed by atoms with van der Waals surface area (Å²) < 4.78 is 0. The van der Waals surface area contributed by atoms with E-state index in [4.69, 9.17) is 5.73 Å². The molecule has 0 saturated carbocycles. The van der Waals surface area contributed by atoms with E-state index in [1.165, 1.54) is 12.8 Å². The summed E-state index contributed by atoms with van der Waals surface area (Å²) in [4.78, 5) is 21.6. The second kappa shape index (κ2) is 8.12. The Hall–Kier alpha value is -2.40. The van der Waals surface area contributed by atoms with Gasteiger partial charge in [-0.15, -0.1) is 0 Å². The summed E-state index contributed by atoms with van der Waals surface area (Å²) in [5.74, 6) is 0.0627. The minimum Gasteiger partial charge on any atom is -0.398 e. The van der Waals surface area contributed by atoms with Crippen molar-refractivity contribution in [3.63, 3.8) is 0 Å². The number of nitrogens with zero attached hydrogens (tertiary/aromatic N) is 3. The molecule has 0 aliphatic carbocycles. The van der Waals surface area contributed by atoms with Crippen molar-refractivity contribution < 1.29 is 4.79 Å². The van der Waals surface area contributed by atoms with Gasteiger partial charge in [-0.05, 0) is 49.7 Å². The number of nitrogen functional groups attached to an aromatic ring is 1. The molecule has 1 fully saturated rings. The third-order valence-corrected chi connectivity index (χ3v) is 4.92. The van der Waals surface area contributed by atoms with Crippen LogP contribution in [0.3, 0.4) is 0 Å². The van der Waals surface area contributed by atoms with Gasteiger partial charge in [0.05, 0.1) is 18.2 Å². The molecule has 5 heteroatoms. The fourth-order valence-electron chi connectivity index (χ4n) is 3.35. The molecule has 2 aromatic rings. The fraction of sp³-hybridized carbons (Fsp3) is 0.400. The fourth-order valence-corrected chi connectivity index (χ4v) is 3.35. The predicted molar refractivity (Wildman–Crippen MR) is 100.0 cm³/mol. The molecule has 0 bridgehead atoms. The van der Waals surface area contributed by atoms with Crippen LogP contribution in [0.4, 0.5) is 5.69 Å². The standard InChI is InChI=1S/C20H26N4O/c1-23(20(25)14-16-8-2-3-9-17(16)21)19(15-24-12-6-7-13-24)18-10-4-5-11-22-18/h2-5,8-11,19H,6-7,12-15,21H2,1H3. The van der Waals surface area contributed by atoms with Gasteiger partial charge in [-0.25, -0.2) is 0 Å². The van der Waals surface area contributed by atoms with Crippen LogP contribution in [0.1, 0.15) is 30.1 Å². The van der Waals surface area contributed by atoms with Crippen LogP contribution in [-0.4, -0.2) is 47.4 Å². The van der Waals surface area contributed by atoms with Crippen molar-refractivity contribution in [2.24, 2.45) is 0 Å². The van der Waals surface area contributed by atoms with Gasteiger partial charge in [-0.1, -0.05) is 24.3 Å². The first-order valence-corrected chi connectivity index (χ1v) is 8.87. The number of carbonyl (C=O) groups is 1. The van der Waals surface area contributed by atoms with E-state index in [0.29, 0.717) is 12.1 Å². The lowest BCUT2D eigenvalue weighted by Gasteiger charge is -2.31. The highest BCUT2D eigenvalue weighted by Gasteiger charge is 2.26. The molecule has 1 aliphatic heterocycles. The number of likely N-dealkylation sites (tertiary alicyclic amines) is 1. The van der Waals surface area contributed by atoms with E-state index in [1.807, 2.05) is 54.4 Å². The molecule has 3 rings (SSSR count). The van der Waals surface area contributed by atoms with Gasteiger partial charge in [0.25, 0.3) is 0 Å². The minimum atomic E-state index is -0.0447. The van der Waals surface area contributed by atoms with Crippen LogP contribution in [0.5, 0.6) is 0 Å². The first-order valence-electron chi connectivity index (χ1n) is 8.87. The SMILES string of the molecule is CN(C(=O)Cc1ccccc1N)C(CN1CCCC1)c1ccccn1. The minimum absolute atomic E-state index is 0.0447. The smallest absolute Gasteiger partial charge is 0.227 e. The van der Waals surface area contributed by atoms with Crippen LogP contribution >= 0.6 is 0 Å². The Morgan fingerprint density at radius 1 is 1.20 bits per heavy atom. The van der Waals surface area contributed by atoms with E-state index in [0.717, 1.165) is 30.9 Å². The molecule has 1 aliphatic rings. The Kier molecular flexibility index (Phi) is 5.66. The molecule has 132 valence electrons. The molecule has 1 aromatic heterocycles. The molecule has 1 atom stereocenters. The number of benzene rings is 1. The average molecular weight is 338 g/mol. The maximum atomic E-state index is 12.9. The number of aromatic nitrogens is 1. The Labute approximate surface area is 149 Å². The van der Waals surface area contributed by atoms with E-state index in [1.54, 1.807) is 6.20 Å². The molecule has 25 heavy (non-hydrogen) atoms. The summed E-state index contributed by atoms with van der Waals surface area (Å²) in [5, 5.41) is 0. The van der Waals surface area contributed by atoms with Gasteiger partial charge in [0, 0.05) is 25.5 Å². The van der Waals surface area contributed by atoms with Crippen LogP contribution in [0, 0.1) is 0 Å². The maximum Gasteiger partial charge on any atom is 0.227 e. The van der Waals surface area contributed by atoms with Gasteiger partial charge in [-0.2, -0.15) is 0 Å². The molecule has 2 heterocycles. The van der Waals surface area contributed by atoms with E-state index < -0.39 is 0 Å². The molecular formula is C20H26N4O. The molecule has 0 radical (unpaired) electrons. The number of carbonyl (C=O) groups excluding carboxylic acids is 1. The number of amides is 1. The van der Waals surface area contributed by atoms with Crippen molar-refractivity contribution in [1.82, 2.24) is 14.8 Å². The highest BCUT2D eigenvalue weighted by atomic mass is 16.2. The Balaban J connectivity index is 1.76. The van der Waals surface area contributed by atoms with Crippen molar-refractivity contribution >= 4 is 11.6 Å². The molecule has 2 N–H and O–H groups in total. The second-order valence-electron chi connectivity index (χ2n) is 6.66. The van der Waals surface area contributed by atoms with E-state index >= 15 is 0 Å². The number of para-hydroxylation sites is 1. The van der Waals surface area contributed by atoms with Gasteiger partial charge in [0.2, 0.25) is 5.91 Å². The zero-order chi connectivity index (χ0) is 17.6. The monoisotopic (exact) mass is 338 g/mol. The first kappa shape index (κ1) is 17.4. The quantitative estimate of drug-likeness (QED) is 0.822. The number of hydrogen-bond donors (Lipinski definition) is 1. The summed E-state index contributed by atoms with van der Waals surface area (Å²) in [6.07, 6.45) is 4.56. The topological polar surface area (TPSA) is 62.5 Å². The van der Waals surface area contributed by atoms with Crippen molar-refractivity contribution in [2.75, 3.05) is 32.4 Å². The maximum absolute atomic E-state index is 12.9. The number of nitrogens with two attached hydrogens (primary N) is 1. The van der Waals surface area contributed by atoms with E-state index in [9.17, 15) is 4.79 Å². The number of hydrogen-bond acceptors (Lipinski definition) is 4. The Morgan fingerprint density at radius 2 is 1.92 bits per heavy atom. The summed E-state index contributed by atoms with van der Waals surface area (Å²) in [7, 11) is 1.87. The second-order valence-corrected chi connectivity index (χ2v) is 6.66. The molecule has 5 nitrogen and oxygen atoms in total. The van der Waals surface area contributed by atoms with Crippen LogP contribution in [0.15, 0.2) is 48.7 Å². The molecule has 1 amide bonds. The Bertz CT molecular complexity index is 698. The lowest BCUT2D eigenvalue weighted by atomic mass is 10.1. The van der Waals surface area contributed by atoms with Crippen LogP contribution in [0.25, 0.3) is 0 Å². The third-order valence-electron chi connectivity index (χ3n) is 4.92. The molecule has 1 unspecified atom stereocenters. The lowest BCUT2D eigenvalue weighted by Crippen LogP contribution is -2.39. The highest BCUT2D eigenvalue weighted by Crippen LogP contribution is 2.23. The largest absolute Gasteiger partial charge is 0.398 e. The van der Waals surface area contributed by atoms with Gasteiger partial charge >= 0.3 is 0 Å². The predicted octanol–water partition coefficient (Wildman–Crippen LogP) is 2.50. The number of anilines is 1. The normalized spacial score (nSPS) is 15.9. The van der Waals surface area contributed by atoms with E-state index in [-0.39, 0.29) is 11.9 Å². The van der Waals surface area contributed by atoms with Gasteiger partial charge in [0.1, 0.15) is 0 Å². The summed E-state index contributed by atoms with van der Waals surface area (Å²) >= 11 is 0. The summed E-state index contributed by atoms with van der Waals surface area (Å²) in [5.41, 5.74) is 8.47. The molecule has 1 aromatic carbocycles. The summed E-state index contributed by atoms with van der Waals surface area (Å²) in [6, 6.07) is 13.4. The zero-order valence-electron chi connectivity index (χ0n) is 14.8. The van der Waals surface area contributed by atoms with Crippen molar-refractivity contribution in [3.05, 3.63) is 59.9 Å². The zero-order valence-corrected chi connectivity index (χ0v) is 14.8. The van der Waals surface area contributed by atoms with Crippen molar-refractivity contribution in [1.29, 1.82) is 0 Å². The van der Waals surface area contributed by atoms with Crippen LogP contribution < -0.4 is 5.73 Å². The lowest BCUT2D eigenvalue weighted by molar-refractivity contribution is -0.131. The van der Waals surface area contributed by atoms with Gasteiger partial charge in [0.15, 0.2) is 0 Å². The highest BCUT2D eigenvalue weighted by molar-refractivity contribution is 5.80. The number of likely N-dealkylation sites (N-methyl/N-ethyl adjacent to an activating group) is 1. The number of pyridine rings is 1. The average Bonchev–Trinajstić information content (AvgIpc) is 3.15. The molecular weight excluding hydrogens is 312 g/mol. The molecule has 1 saturated heterocycles. The van der Waals surface area contributed by atoms with Gasteiger partial charge in [-0.3, -0.25) is 9.78 Å². The van der Waals surface area contributed by atoms with Crippen molar-refractivity contribution in [2.45, 2.75) is 25.3 Å². The van der Waals surface area contributed by atoms with Crippen LogP contribution in [0.2, 0.25) is 0 Å².